The zero-order valence-corrected chi connectivity index (χ0v) is 7.44. The fourth-order valence-electron chi connectivity index (χ4n) is 1.60. The fraction of sp³-hybridized carbons (Fsp3) is 1.00. The highest BCUT2D eigenvalue weighted by atomic mass is 16.4. The second-order valence-corrected chi connectivity index (χ2v) is 3.71. The van der Waals surface area contributed by atoms with Crippen LogP contribution in [0.5, 0.6) is 0 Å². The van der Waals surface area contributed by atoms with Gasteiger partial charge in [0.05, 0.1) is 12.2 Å². The molecule has 1 aliphatic rings. The fourth-order valence-corrected chi connectivity index (χ4v) is 1.60. The van der Waals surface area contributed by atoms with Crippen LogP contribution in [0.1, 0.15) is 20.3 Å². The van der Waals surface area contributed by atoms with E-state index >= 15 is 0 Å². The van der Waals surface area contributed by atoms with Gasteiger partial charge in [-0.15, -0.1) is 0 Å². The highest BCUT2D eigenvalue weighted by Crippen LogP contribution is 2.20. The van der Waals surface area contributed by atoms with E-state index in [9.17, 15) is 15.3 Å². The van der Waals surface area contributed by atoms with E-state index < -0.39 is 18.3 Å². The minimum Gasteiger partial charge on any atom is -0.390 e. The van der Waals surface area contributed by atoms with Crippen molar-refractivity contribution in [1.29, 1.82) is 0 Å². The van der Waals surface area contributed by atoms with Crippen molar-refractivity contribution >= 4 is 0 Å². The monoisotopic (exact) mass is 175 g/mol. The van der Waals surface area contributed by atoms with Crippen molar-refractivity contribution < 1.29 is 15.3 Å². The van der Waals surface area contributed by atoms with Crippen LogP contribution in [-0.4, -0.2) is 45.7 Å². The molecule has 0 aliphatic heterocycles. The molecule has 0 aromatic heterocycles. The summed E-state index contributed by atoms with van der Waals surface area (Å²) < 4.78 is 0. The molecule has 0 spiro atoms. The molecule has 4 atom stereocenters. The lowest BCUT2D eigenvalue weighted by Gasteiger charge is -2.19. The Kier molecular flexibility index (Phi) is 3.06. The van der Waals surface area contributed by atoms with E-state index in [1.165, 1.54) is 0 Å². The Balaban J connectivity index is 2.47. The van der Waals surface area contributed by atoms with E-state index in [4.69, 9.17) is 0 Å². The lowest BCUT2D eigenvalue weighted by molar-refractivity contribution is -0.0227. The molecule has 4 nitrogen and oxygen atoms in total. The molecular weight excluding hydrogens is 158 g/mol. The lowest BCUT2D eigenvalue weighted by Crippen LogP contribution is -2.43. The van der Waals surface area contributed by atoms with Gasteiger partial charge in [-0.1, -0.05) is 13.8 Å². The van der Waals surface area contributed by atoms with Crippen LogP contribution in [0.15, 0.2) is 0 Å². The quantitative estimate of drug-likeness (QED) is 0.427. The third-order valence-electron chi connectivity index (χ3n) is 2.20. The van der Waals surface area contributed by atoms with Crippen LogP contribution in [0.4, 0.5) is 0 Å². The van der Waals surface area contributed by atoms with Crippen molar-refractivity contribution in [2.45, 2.75) is 50.7 Å². The molecule has 72 valence electrons. The van der Waals surface area contributed by atoms with Gasteiger partial charge in [0, 0.05) is 12.1 Å². The van der Waals surface area contributed by atoms with Gasteiger partial charge in [0.1, 0.15) is 6.10 Å². The van der Waals surface area contributed by atoms with Gasteiger partial charge in [0.25, 0.3) is 0 Å². The van der Waals surface area contributed by atoms with Crippen molar-refractivity contribution in [1.82, 2.24) is 5.32 Å². The van der Waals surface area contributed by atoms with Gasteiger partial charge in [0.15, 0.2) is 0 Å². The number of nitrogens with one attached hydrogen (secondary N) is 1. The van der Waals surface area contributed by atoms with Crippen LogP contribution in [0.25, 0.3) is 0 Å². The van der Waals surface area contributed by atoms with Crippen molar-refractivity contribution in [3.8, 4) is 0 Å². The molecule has 0 saturated heterocycles. The number of hydrogen-bond acceptors (Lipinski definition) is 4. The van der Waals surface area contributed by atoms with E-state index in [1.54, 1.807) is 0 Å². The summed E-state index contributed by atoms with van der Waals surface area (Å²) in [5, 5.41) is 30.9. The Morgan fingerprint density at radius 3 is 2.08 bits per heavy atom. The first kappa shape index (κ1) is 9.92. The number of aliphatic hydroxyl groups excluding tert-OH is 3. The molecule has 1 fully saturated rings. The van der Waals surface area contributed by atoms with Crippen LogP contribution >= 0.6 is 0 Å². The minimum absolute atomic E-state index is 0.185. The molecule has 4 unspecified atom stereocenters. The van der Waals surface area contributed by atoms with Crippen molar-refractivity contribution in [3.63, 3.8) is 0 Å². The van der Waals surface area contributed by atoms with E-state index in [-0.39, 0.29) is 12.1 Å². The van der Waals surface area contributed by atoms with Crippen molar-refractivity contribution in [2.24, 2.45) is 0 Å². The molecule has 0 bridgehead atoms. The average molecular weight is 175 g/mol. The summed E-state index contributed by atoms with van der Waals surface area (Å²) in [5.74, 6) is 0. The molecule has 0 aromatic carbocycles. The first-order valence-corrected chi connectivity index (χ1v) is 4.32. The second kappa shape index (κ2) is 3.70. The molecule has 1 aliphatic carbocycles. The number of hydrogen-bond donors (Lipinski definition) is 4. The first-order chi connectivity index (χ1) is 5.52. The summed E-state index contributed by atoms with van der Waals surface area (Å²) in [7, 11) is 0. The van der Waals surface area contributed by atoms with Gasteiger partial charge >= 0.3 is 0 Å². The van der Waals surface area contributed by atoms with Crippen LogP contribution in [-0.2, 0) is 0 Å². The van der Waals surface area contributed by atoms with Gasteiger partial charge in [-0.05, 0) is 6.42 Å². The number of rotatable bonds is 2. The average Bonchev–Trinajstić information content (AvgIpc) is 2.17. The third kappa shape index (κ3) is 1.95. The summed E-state index contributed by atoms with van der Waals surface area (Å²) in [6.45, 7) is 3.92. The van der Waals surface area contributed by atoms with E-state index in [1.807, 2.05) is 13.8 Å². The normalized spacial score (nSPS) is 42.5. The SMILES string of the molecule is CC(C)NC1CC(O)C(O)C1O. The Bertz CT molecular complexity index is 149. The highest BCUT2D eigenvalue weighted by Gasteiger charge is 2.40. The van der Waals surface area contributed by atoms with Crippen LogP contribution in [0.3, 0.4) is 0 Å². The molecule has 0 heterocycles. The Hall–Kier alpha value is -0.160. The molecule has 4 heteroatoms. The molecule has 0 aromatic rings. The van der Waals surface area contributed by atoms with Crippen molar-refractivity contribution in [2.75, 3.05) is 0 Å². The summed E-state index contributed by atoms with van der Waals surface area (Å²) in [5.41, 5.74) is 0. The smallest absolute Gasteiger partial charge is 0.107 e. The second-order valence-electron chi connectivity index (χ2n) is 3.71. The first-order valence-electron chi connectivity index (χ1n) is 4.32. The van der Waals surface area contributed by atoms with Crippen molar-refractivity contribution in [3.05, 3.63) is 0 Å². The molecular formula is C8H17NO3. The summed E-state index contributed by atoms with van der Waals surface area (Å²) in [6.07, 6.45) is -2.22. The van der Waals surface area contributed by atoms with Gasteiger partial charge in [-0.25, -0.2) is 0 Å². The predicted molar refractivity (Wildman–Crippen MR) is 44.7 cm³/mol. The Morgan fingerprint density at radius 2 is 1.75 bits per heavy atom. The summed E-state index contributed by atoms with van der Waals surface area (Å²) in [6, 6.07) is 0.0668. The van der Waals surface area contributed by atoms with Crippen LogP contribution in [0.2, 0.25) is 0 Å². The van der Waals surface area contributed by atoms with Crippen LogP contribution in [0, 0.1) is 0 Å². The van der Waals surface area contributed by atoms with Gasteiger partial charge < -0.3 is 20.6 Å². The van der Waals surface area contributed by atoms with E-state index in [0.29, 0.717) is 6.42 Å². The maximum Gasteiger partial charge on any atom is 0.107 e. The van der Waals surface area contributed by atoms with Gasteiger partial charge in [0.2, 0.25) is 0 Å². The predicted octanol–water partition coefficient (Wildman–Crippen LogP) is -1.16. The molecule has 1 saturated carbocycles. The Labute approximate surface area is 72.2 Å². The highest BCUT2D eigenvalue weighted by molar-refractivity contribution is 4.95. The number of aliphatic hydroxyl groups is 3. The summed E-state index contributed by atoms with van der Waals surface area (Å²) in [4.78, 5) is 0. The third-order valence-corrected chi connectivity index (χ3v) is 2.20. The van der Waals surface area contributed by atoms with Crippen LogP contribution < -0.4 is 5.32 Å². The maximum atomic E-state index is 9.40. The molecule has 12 heavy (non-hydrogen) atoms. The summed E-state index contributed by atoms with van der Waals surface area (Å²) >= 11 is 0. The molecule has 1 rings (SSSR count). The topological polar surface area (TPSA) is 72.7 Å². The zero-order valence-electron chi connectivity index (χ0n) is 7.44. The Morgan fingerprint density at radius 1 is 1.17 bits per heavy atom. The lowest BCUT2D eigenvalue weighted by atomic mass is 10.2. The van der Waals surface area contributed by atoms with Gasteiger partial charge in [-0.2, -0.15) is 0 Å². The largest absolute Gasteiger partial charge is 0.390 e. The maximum absolute atomic E-state index is 9.40. The minimum atomic E-state index is -0.999. The zero-order chi connectivity index (χ0) is 9.30. The molecule has 0 radical (unpaired) electrons. The standard InChI is InChI=1S/C8H17NO3/c1-4(2)9-5-3-6(10)8(12)7(5)11/h4-12H,3H2,1-2H3. The molecule has 0 amide bonds. The van der Waals surface area contributed by atoms with E-state index in [0.717, 1.165) is 0 Å². The van der Waals surface area contributed by atoms with Gasteiger partial charge in [-0.3, -0.25) is 0 Å². The molecule has 4 N–H and O–H groups in total. The van der Waals surface area contributed by atoms with E-state index in [2.05, 4.69) is 5.32 Å².